The molecule has 2 unspecified atom stereocenters. The molecule has 3 aliphatic carbocycles. The van der Waals surface area contributed by atoms with E-state index in [1.807, 2.05) is 7.05 Å². The number of hydrogen-bond donors (Lipinski definition) is 0. The number of fused-ring (bicyclic) bond motifs is 5. The van der Waals surface area contributed by atoms with Crippen molar-refractivity contribution < 1.29 is 14.3 Å². The molecule has 9 atom stereocenters. The zero-order valence-corrected chi connectivity index (χ0v) is 21.9. The topological polar surface area (TPSA) is 46.6 Å². The molecule has 0 spiro atoms. The molecule has 4 rings (SSSR count). The Hall–Kier alpha value is -1.06. The quantitative estimate of drug-likeness (QED) is 0.495. The van der Waals surface area contributed by atoms with Gasteiger partial charge in [-0.1, -0.05) is 41.5 Å². The number of likely N-dealkylation sites (tertiary alicyclic amines) is 1. The molecule has 4 nitrogen and oxygen atoms in total. The maximum Gasteiger partial charge on any atom is 0.306 e. The lowest BCUT2D eigenvalue weighted by Gasteiger charge is -2.62. The van der Waals surface area contributed by atoms with Crippen LogP contribution in [0.1, 0.15) is 99.8 Å². The van der Waals surface area contributed by atoms with Gasteiger partial charge in [0.2, 0.25) is 5.91 Å². The molecule has 3 saturated carbocycles. The summed E-state index contributed by atoms with van der Waals surface area (Å²) in [5.41, 5.74) is 0.478. The van der Waals surface area contributed by atoms with Gasteiger partial charge in [0.1, 0.15) is 6.10 Å². The van der Waals surface area contributed by atoms with E-state index in [1.54, 1.807) is 0 Å². The van der Waals surface area contributed by atoms with Crippen LogP contribution in [0.4, 0.5) is 0 Å². The lowest BCUT2D eigenvalue weighted by atomic mass is 9.46. The van der Waals surface area contributed by atoms with Gasteiger partial charge in [0.25, 0.3) is 0 Å². The van der Waals surface area contributed by atoms with E-state index in [9.17, 15) is 9.59 Å². The summed E-state index contributed by atoms with van der Waals surface area (Å²) in [5.74, 6) is 3.51. The first kappa shape index (κ1) is 24.1. The van der Waals surface area contributed by atoms with Crippen molar-refractivity contribution in [3.8, 4) is 0 Å². The molecular weight excluding hydrogens is 398 g/mol. The second kappa shape index (κ2) is 8.01. The highest BCUT2D eigenvalue weighted by Gasteiger charge is 2.63. The molecule has 4 fully saturated rings. The highest BCUT2D eigenvalue weighted by atomic mass is 16.5. The van der Waals surface area contributed by atoms with Crippen molar-refractivity contribution in [2.75, 3.05) is 7.05 Å². The third-order valence-corrected chi connectivity index (χ3v) is 10.5. The van der Waals surface area contributed by atoms with Crippen molar-refractivity contribution in [1.82, 2.24) is 4.90 Å². The van der Waals surface area contributed by atoms with Crippen LogP contribution in [0, 0.1) is 45.8 Å². The van der Waals surface area contributed by atoms with E-state index in [4.69, 9.17) is 4.74 Å². The number of carbonyl (C=O) groups excluding carboxylic acids is 2. The van der Waals surface area contributed by atoms with Crippen molar-refractivity contribution in [3.63, 3.8) is 0 Å². The molecule has 4 heteroatoms. The van der Waals surface area contributed by atoms with Crippen LogP contribution in [-0.4, -0.2) is 36.0 Å². The fourth-order valence-corrected chi connectivity index (χ4v) is 9.31. The second-order valence-electron chi connectivity index (χ2n) is 13.7. The van der Waals surface area contributed by atoms with Crippen molar-refractivity contribution >= 4 is 11.9 Å². The van der Waals surface area contributed by atoms with Gasteiger partial charge in [-0.2, -0.15) is 0 Å². The van der Waals surface area contributed by atoms with Crippen molar-refractivity contribution in [2.45, 2.75) is 112 Å². The number of esters is 1. The predicted octanol–water partition coefficient (Wildman–Crippen LogP) is 6.08. The lowest BCUT2D eigenvalue weighted by Crippen LogP contribution is -2.61. The number of ether oxygens (including phenoxy) is 1. The van der Waals surface area contributed by atoms with E-state index >= 15 is 0 Å². The zero-order chi connectivity index (χ0) is 23.6. The van der Waals surface area contributed by atoms with Crippen LogP contribution >= 0.6 is 0 Å². The largest absolute Gasteiger partial charge is 0.462 e. The van der Waals surface area contributed by atoms with Gasteiger partial charge in [-0.25, -0.2) is 0 Å². The Morgan fingerprint density at radius 3 is 2.47 bits per heavy atom. The molecule has 4 aliphatic rings. The van der Waals surface area contributed by atoms with Gasteiger partial charge in [0.15, 0.2) is 0 Å². The molecule has 0 aromatic carbocycles. The Balaban J connectivity index is 1.53. The molecule has 1 aliphatic heterocycles. The summed E-state index contributed by atoms with van der Waals surface area (Å²) >= 11 is 0. The van der Waals surface area contributed by atoms with E-state index in [0.29, 0.717) is 42.5 Å². The minimum Gasteiger partial charge on any atom is -0.462 e. The highest BCUT2D eigenvalue weighted by Crippen LogP contribution is 2.67. The summed E-state index contributed by atoms with van der Waals surface area (Å²) in [6.07, 6.45) is 8.40. The third kappa shape index (κ3) is 3.82. The smallest absolute Gasteiger partial charge is 0.306 e. The minimum absolute atomic E-state index is 0.0169. The summed E-state index contributed by atoms with van der Waals surface area (Å²) in [5, 5.41) is 0. The normalized spacial score (nSPS) is 45.0. The maximum atomic E-state index is 12.6. The minimum atomic E-state index is -0.0409. The first-order valence-corrected chi connectivity index (χ1v) is 13.2. The molecule has 0 bridgehead atoms. The maximum absolute atomic E-state index is 12.6. The van der Waals surface area contributed by atoms with E-state index in [2.05, 4.69) is 53.4 Å². The third-order valence-electron chi connectivity index (χ3n) is 10.5. The van der Waals surface area contributed by atoms with Crippen molar-refractivity contribution in [1.29, 1.82) is 0 Å². The van der Waals surface area contributed by atoms with Gasteiger partial charge in [0, 0.05) is 25.4 Å². The lowest BCUT2D eigenvalue weighted by molar-refractivity contribution is -0.166. The van der Waals surface area contributed by atoms with Crippen LogP contribution in [0.3, 0.4) is 0 Å². The molecule has 0 aromatic rings. The van der Waals surface area contributed by atoms with Crippen molar-refractivity contribution in [3.05, 3.63) is 0 Å². The average Bonchev–Trinajstić information content (AvgIpc) is 2.93. The Labute approximate surface area is 196 Å². The molecular formula is C28H47NO3. The van der Waals surface area contributed by atoms with Crippen LogP contribution in [0.25, 0.3) is 0 Å². The van der Waals surface area contributed by atoms with Gasteiger partial charge in [-0.15, -0.1) is 0 Å². The SMILES string of the molecule is CC1C[C@H]2[C@@H]3CC[C@H]4N(C)C(=O)CC[C@]4(C)[C@H]3CC[C@]2(C)[C@H]1C(C)OC(=O)CC(C)(C)C. The van der Waals surface area contributed by atoms with Crippen LogP contribution < -0.4 is 0 Å². The Bertz CT molecular complexity index is 756. The fourth-order valence-electron chi connectivity index (χ4n) is 9.31. The van der Waals surface area contributed by atoms with Gasteiger partial charge in [0.05, 0.1) is 6.42 Å². The zero-order valence-electron chi connectivity index (χ0n) is 21.9. The first-order chi connectivity index (χ1) is 14.8. The summed E-state index contributed by atoms with van der Waals surface area (Å²) < 4.78 is 6.08. The molecule has 0 aromatic heterocycles. The van der Waals surface area contributed by atoms with Gasteiger partial charge >= 0.3 is 5.97 Å². The molecule has 0 N–H and O–H groups in total. The highest BCUT2D eigenvalue weighted by molar-refractivity contribution is 5.77. The number of hydrogen-bond acceptors (Lipinski definition) is 3. The Kier molecular flexibility index (Phi) is 6.03. The van der Waals surface area contributed by atoms with Crippen LogP contribution in [0.15, 0.2) is 0 Å². The van der Waals surface area contributed by atoms with E-state index < -0.39 is 0 Å². The van der Waals surface area contributed by atoms with Gasteiger partial charge in [-0.3, -0.25) is 9.59 Å². The molecule has 1 saturated heterocycles. The molecule has 32 heavy (non-hydrogen) atoms. The molecule has 0 radical (unpaired) electrons. The standard InChI is InChI=1S/C28H47NO3/c1-17-15-21-19-9-10-22-27(6,14-12-23(30)29(22)8)20(19)11-13-28(21,7)25(17)18(2)32-24(31)16-26(3,4)5/h17-22,25H,9-16H2,1-8H3/t17?,18?,19-,20+,21+,22-,25-,27-,28+/m1/s1. The number of piperidine rings is 1. The van der Waals surface area contributed by atoms with Crippen LogP contribution in [0.5, 0.6) is 0 Å². The number of carbonyl (C=O) groups is 2. The van der Waals surface area contributed by atoms with E-state index in [-0.39, 0.29) is 28.3 Å². The monoisotopic (exact) mass is 445 g/mol. The van der Waals surface area contributed by atoms with Gasteiger partial charge in [-0.05, 0) is 85.4 Å². The van der Waals surface area contributed by atoms with Crippen molar-refractivity contribution in [2.24, 2.45) is 45.8 Å². The Morgan fingerprint density at radius 1 is 1.12 bits per heavy atom. The summed E-state index contributed by atoms with van der Waals surface area (Å²) in [6.45, 7) is 15.9. The Morgan fingerprint density at radius 2 is 1.81 bits per heavy atom. The summed E-state index contributed by atoms with van der Waals surface area (Å²) in [6, 6.07) is 0.418. The predicted molar refractivity (Wildman–Crippen MR) is 128 cm³/mol. The number of nitrogens with zero attached hydrogens (tertiary/aromatic N) is 1. The first-order valence-electron chi connectivity index (χ1n) is 13.2. The molecule has 1 heterocycles. The van der Waals surface area contributed by atoms with Gasteiger partial charge < -0.3 is 9.64 Å². The number of amides is 1. The summed E-state index contributed by atoms with van der Waals surface area (Å²) in [4.78, 5) is 27.1. The van der Waals surface area contributed by atoms with E-state index in [0.717, 1.165) is 24.7 Å². The van der Waals surface area contributed by atoms with Crippen LogP contribution in [-0.2, 0) is 14.3 Å². The fraction of sp³-hybridized carbons (Fsp3) is 0.929. The second-order valence-corrected chi connectivity index (χ2v) is 13.7. The molecule has 1 amide bonds. The molecule has 182 valence electrons. The summed E-state index contributed by atoms with van der Waals surface area (Å²) in [7, 11) is 2.04. The number of rotatable bonds is 3. The van der Waals surface area contributed by atoms with E-state index in [1.165, 1.54) is 25.7 Å². The average molecular weight is 446 g/mol. The van der Waals surface area contributed by atoms with Crippen LogP contribution in [0.2, 0.25) is 0 Å².